The number of carboxylic acid groups (broad SMARTS) is 1. The summed E-state index contributed by atoms with van der Waals surface area (Å²) in [5, 5.41) is 8.62. The highest BCUT2D eigenvalue weighted by atomic mass is 16.4. The third-order valence-corrected chi connectivity index (χ3v) is 4.97. The topological polar surface area (TPSA) is 37.3 Å². The second kappa shape index (κ2) is 3.80. The molecular formula is C13H22O2. The van der Waals surface area contributed by atoms with Crippen molar-refractivity contribution in [1.82, 2.24) is 0 Å². The van der Waals surface area contributed by atoms with Crippen LogP contribution in [0.4, 0.5) is 0 Å². The molecule has 3 aliphatic rings. The molecule has 0 heterocycles. The Morgan fingerprint density at radius 2 is 2.13 bits per heavy atom. The molecule has 0 amide bonds. The average molecular weight is 210 g/mol. The van der Waals surface area contributed by atoms with Crippen LogP contribution >= 0.6 is 0 Å². The molecule has 0 aliphatic heterocycles. The van der Waals surface area contributed by atoms with Gasteiger partial charge in [-0.2, -0.15) is 0 Å². The van der Waals surface area contributed by atoms with Crippen molar-refractivity contribution < 1.29 is 9.90 Å². The highest BCUT2D eigenvalue weighted by Crippen LogP contribution is 2.62. The number of rotatable bonds is 4. The normalized spacial score (nSPS) is 37.1. The van der Waals surface area contributed by atoms with Crippen LogP contribution < -0.4 is 0 Å². The molecule has 3 aliphatic carbocycles. The van der Waals surface area contributed by atoms with E-state index in [1.807, 2.05) is 0 Å². The summed E-state index contributed by atoms with van der Waals surface area (Å²) >= 11 is 0. The lowest BCUT2D eigenvalue weighted by molar-refractivity contribution is -0.137. The molecule has 3 atom stereocenters. The molecule has 0 spiro atoms. The molecule has 0 saturated heterocycles. The van der Waals surface area contributed by atoms with Gasteiger partial charge >= 0.3 is 5.97 Å². The lowest BCUT2D eigenvalue weighted by atomic mass is 9.45. The molecule has 86 valence electrons. The molecule has 2 bridgehead atoms. The Balaban J connectivity index is 1.81. The number of fused-ring (bicyclic) bond motifs is 2. The lowest BCUT2D eigenvalue weighted by Crippen LogP contribution is -2.52. The molecule has 3 rings (SSSR count). The Morgan fingerprint density at radius 3 is 2.67 bits per heavy atom. The van der Waals surface area contributed by atoms with Gasteiger partial charge in [-0.05, 0) is 55.3 Å². The Kier molecular flexibility index (Phi) is 2.78. The summed E-state index contributed by atoms with van der Waals surface area (Å²) in [6, 6.07) is 0. The van der Waals surface area contributed by atoms with Crippen LogP contribution in [0.2, 0.25) is 0 Å². The summed E-state index contributed by atoms with van der Waals surface area (Å²) in [4.78, 5) is 10.5. The molecule has 3 unspecified atom stereocenters. The van der Waals surface area contributed by atoms with Gasteiger partial charge in [0, 0.05) is 6.42 Å². The van der Waals surface area contributed by atoms with E-state index in [1.54, 1.807) is 0 Å². The van der Waals surface area contributed by atoms with Crippen molar-refractivity contribution in [1.29, 1.82) is 0 Å². The molecule has 15 heavy (non-hydrogen) atoms. The van der Waals surface area contributed by atoms with Gasteiger partial charge in [0.2, 0.25) is 0 Å². The van der Waals surface area contributed by atoms with Crippen molar-refractivity contribution in [2.45, 2.75) is 52.4 Å². The number of carboxylic acids is 1. The Hall–Kier alpha value is -0.530. The second-order valence-electron chi connectivity index (χ2n) is 5.98. The van der Waals surface area contributed by atoms with Crippen LogP contribution in [0.5, 0.6) is 0 Å². The third-order valence-electron chi connectivity index (χ3n) is 4.97. The zero-order valence-corrected chi connectivity index (χ0v) is 9.83. The van der Waals surface area contributed by atoms with Gasteiger partial charge in [-0.3, -0.25) is 4.79 Å². The van der Waals surface area contributed by atoms with Crippen LogP contribution in [0, 0.1) is 23.2 Å². The number of hydrogen-bond donors (Lipinski definition) is 1. The van der Waals surface area contributed by atoms with Crippen LogP contribution in [-0.4, -0.2) is 11.1 Å². The first-order valence-electron chi connectivity index (χ1n) is 6.23. The maximum Gasteiger partial charge on any atom is 0.303 e. The van der Waals surface area contributed by atoms with E-state index in [0.717, 1.165) is 30.6 Å². The van der Waals surface area contributed by atoms with Gasteiger partial charge in [0.05, 0.1) is 0 Å². The SMILES string of the molecule is CC1(C)C2CCC(CCCC(=O)O)C1C2. The quantitative estimate of drug-likeness (QED) is 0.773. The largest absolute Gasteiger partial charge is 0.481 e. The summed E-state index contributed by atoms with van der Waals surface area (Å²) < 4.78 is 0. The predicted octanol–water partition coefficient (Wildman–Crippen LogP) is 3.31. The van der Waals surface area contributed by atoms with Crippen LogP contribution in [0.1, 0.15) is 52.4 Å². The molecule has 1 N–H and O–H groups in total. The van der Waals surface area contributed by atoms with E-state index in [0.29, 0.717) is 11.8 Å². The van der Waals surface area contributed by atoms with Crippen LogP contribution in [0.3, 0.4) is 0 Å². The minimum Gasteiger partial charge on any atom is -0.481 e. The first kappa shape index (κ1) is 11.0. The molecule has 0 aromatic heterocycles. The summed E-state index contributed by atoms with van der Waals surface area (Å²) in [5.74, 6) is 2.00. The molecule has 3 fully saturated rings. The van der Waals surface area contributed by atoms with E-state index >= 15 is 0 Å². The van der Waals surface area contributed by atoms with Crippen LogP contribution in [-0.2, 0) is 4.79 Å². The number of aliphatic carboxylic acids is 1. The van der Waals surface area contributed by atoms with E-state index in [-0.39, 0.29) is 0 Å². The Labute approximate surface area is 92.1 Å². The maximum atomic E-state index is 10.5. The first-order chi connectivity index (χ1) is 7.01. The summed E-state index contributed by atoms with van der Waals surface area (Å²) in [5.41, 5.74) is 0.548. The van der Waals surface area contributed by atoms with E-state index in [4.69, 9.17) is 5.11 Å². The fraction of sp³-hybridized carbons (Fsp3) is 0.923. The second-order valence-corrected chi connectivity index (χ2v) is 5.98. The third kappa shape index (κ3) is 1.91. The van der Waals surface area contributed by atoms with Crippen LogP contribution in [0.15, 0.2) is 0 Å². The molecule has 2 nitrogen and oxygen atoms in total. The standard InChI is InChI=1S/C13H22O2/c1-13(2)10-7-6-9(11(13)8-10)4-3-5-12(14)15/h9-11H,3-8H2,1-2H3,(H,14,15). The maximum absolute atomic E-state index is 10.5. The highest BCUT2D eigenvalue weighted by molar-refractivity contribution is 5.66. The molecule has 0 aromatic rings. The summed E-state index contributed by atoms with van der Waals surface area (Å²) in [6.45, 7) is 4.80. The van der Waals surface area contributed by atoms with Crippen LogP contribution in [0.25, 0.3) is 0 Å². The molecular weight excluding hydrogens is 188 g/mol. The van der Waals surface area contributed by atoms with E-state index in [9.17, 15) is 4.79 Å². The van der Waals surface area contributed by atoms with E-state index in [2.05, 4.69) is 13.8 Å². The fourth-order valence-electron chi connectivity index (χ4n) is 3.82. The van der Waals surface area contributed by atoms with Crippen molar-refractivity contribution in [2.75, 3.05) is 0 Å². The van der Waals surface area contributed by atoms with E-state index < -0.39 is 5.97 Å². The smallest absolute Gasteiger partial charge is 0.303 e. The average Bonchev–Trinajstić information content (AvgIpc) is 2.17. The van der Waals surface area contributed by atoms with Gasteiger partial charge in [-0.25, -0.2) is 0 Å². The van der Waals surface area contributed by atoms with E-state index in [1.165, 1.54) is 19.3 Å². The minimum atomic E-state index is -0.642. The molecule has 3 saturated carbocycles. The minimum absolute atomic E-state index is 0.354. The van der Waals surface area contributed by atoms with Gasteiger partial charge in [-0.1, -0.05) is 13.8 Å². The molecule has 2 heteroatoms. The molecule has 0 radical (unpaired) electrons. The number of carbonyl (C=O) groups is 1. The lowest BCUT2D eigenvalue weighted by Gasteiger charge is -2.60. The summed E-state index contributed by atoms with van der Waals surface area (Å²) in [6.07, 6.45) is 6.49. The van der Waals surface area contributed by atoms with Gasteiger partial charge in [0.25, 0.3) is 0 Å². The van der Waals surface area contributed by atoms with Crippen molar-refractivity contribution in [2.24, 2.45) is 23.2 Å². The Bertz CT molecular complexity index is 255. The highest BCUT2D eigenvalue weighted by Gasteiger charge is 2.53. The van der Waals surface area contributed by atoms with Gasteiger partial charge < -0.3 is 5.11 Å². The predicted molar refractivity (Wildman–Crippen MR) is 59.6 cm³/mol. The Morgan fingerprint density at radius 1 is 1.40 bits per heavy atom. The summed E-state index contributed by atoms with van der Waals surface area (Å²) in [7, 11) is 0. The van der Waals surface area contributed by atoms with Gasteiger partial charge in [0.15, 0.2) is 0 Å². The van der Waals surface area contributed by atoms with Crippen molar-refractivity contribution in [3.63, 3.8) is 0 Å². The van der Waals surface area contributed by atoms with Crippen molar-refractivity contribution >= 4 is 5.97 Å². The monoisotopic (exact) mass is 210 g/mol. The molecule has 0 aromatic carbocycles. The number of hydrogen-bond acceptors (Lipinski definition) is 1. The first-order valence-corrected chi connectivity index (χ1v) is 6.23. The van der Waals surface area contributed by atoms with Crippen molar-refractivity contribution in [3.05, 3.63) is 0 Å². The van der Waals surface area contributed by atoms with Gasteiger partial charge in [-0.15, -0.1) is 0 Å². The zero-order valence-electron chi connectivity index (χ0n) is 9.83. The van der Waals surface area contributed by atoms with Crippen molar-refractivity contribution in [3.8, 4) is 0 Å². The van der Waals surface area contributed by atoms with Gasteiger partial charge in [0.1, 0.15) is 0 Å². The fourth-order valence-corrected chi connectivity index (χ4v) is 3.82. The zero-order chi connectivity index (χ0) is 11.1.